The number of hydrogen-bond donors (Lipinski definition) is 0. The molecule has 0 aliphatic rings. The molecule has 0 amide bonds. The minimum absolute atomic E-state index is 0.627. The Balaban J connectivity index is 0.000000111. The van der Waals surface area contributed by atoms with Crippen LogP contribution < -0.4 is 0 Å². The quantitative estimate of drug-likeness (QED) is 0.0752. The second-order valence-corrected chi connectivity index (χ2v) is 37.6. The van der Waals surface area contributed by atoms with E-state index >= 15 is 0 Å². The second kappa shape index (κ2) is 38.4. The molecule has 29 rings (SSSR count). The molecule has 698 valence electrons. The third-order valence-electron chi connectivity index (χ3n) is 28.5. The van der Waals surface area contributed by atoms with Gasteiger partial charge in [0.15, 0.2) is 52.4 Å². The van der Waals surface area contributed by atoms with Crippen LogP contribution in [0.25, 0.3) is 288 Å². The summed E-state index contributed by atoms with van der Waals surface area (Å²) in [4.78, 5) is 60.9. The zero-order chi connectivity index (χ0) is 99.3. The van der Waals surface area contributed by atoms with Gasteiger partial charge in [-0.15, -0.1) is 0 Å². The number of hydrogen-bond acceptors (Lipinski definition) is 12. The first kappa shape index (κ1) is 88.6. The third kappa shape index (κ3) is 16.8. The summed E-state index contributed by atoms with van der Waals surface area (Å²) in [6.07, 6.45) is 0. The lowest BCUT2D eigenvalue weighted by molar-refractivity contribution is 1.07. The van der Waals surface area contributed by atoms with Crippen LogP contribution in [0.2, 0.25) is 0 Å². The Labute approximate surface area is 863 Å². The second-order valence-electron chi connectivity index (χ2n) is 37.6. The average Bonchev–Trinajstić information content (AvgIpc) is 0.734. The van der Waals surface area contributed by atoms with E-state index in [0.29, 0.717) is 52.4 Å². The molecule has 6 heterocycles. The fraction of sp³-hybridized carbons (Fsp3) is 0. The predicted molar refractivity (Wildman–Crippen MR) is 619 cm³/mol. The minimum Gasteiger partial charge on any atom is -0.246 e. The lowest BCUT2D eigenvalue weighted by Gasteiger charge is -2.15. The summed E-state index contributed by atoms with van der Waals surface area (Å²) >= 11 is 0. The lowest BCUT2D eigenvalue weighted by atomic mass is 9.92. The van der Waals surface area contributed by atoms with Gasteiger partial charge in [-0.25, -0.2) is 59.8 Å². The standard InChI is InChI=1S/2C48H30N4.C42H26N4/c1-3-12-31(13-4-1)37-18-11-19-38(30-37)48-51-46(35-16-5-2-6-17-35)50-47(52-48)36-24-22-34(23-25-36)43-41-28-26-32-14-7-9-20-39(32)44(41)49-45-40-21-10-8-15-33(40)27-29-42(43)45;1-3-11-31(12-4-1)32-19-23-37(24-20-32)47-50-46(36-15-5-2-6-16-36)51-48(52-47)38-25-21-35(22-26-38)43-41-29-27-33-13-7-9-17-39(33)44(41)49-45-40-18-10-8-14-34(40)28-30-42(43)45;1-3-13-30(14-4-1)40-44-41(31-15-5-2-6-16-31)46-42(45-40)32-21-19-29(20-22-32)37-35-25-23-27-11-7-9-17-33(27)38(35)43-39-34-18-10-8-12-28(34)24-26-36(37)39/h2*1-30H;1-26H. The zero-order valence-electron chi connectivity index (χ0n) is 81.0. The molecule has 12 heteroatoms. The highest BCUT2D eigenvalue weighted by atomic mass is 15.1. The Bertz CT molecular complexity index is 9950. The summed E-state index contributed by atoms with van der Waals surface area (Å²) in [6, 6.07) is 181. The zero-order valence-corrected chi connectivity index (χ0v) is 81.0. The molecule has 0 spiro atoms. The van der Waals surface area contributed by atoms with Gasteiger partial charge in [0.1, 0.15) is 0 Å². The molecular weight excluding hydrogens is 1830 g/mol. The van der Waals surface area contributed by atoms with Gasteiger partial charge in [-0.3, -0.25) is 0 Å². The Morgan fingerprint density at radius 1 is 0.0867 bits per heavy atom. The monoisotopic (exact) mass is 1910 g/mol. The smallest absolute Gasteiger partial charge is 0.164 e. The van der Waals surface area contributed by atoms with Gasteiger partial charge in [-0.2, -0.15) is 0 Å². The van der Waals surface area contributed by atoms with Gasteiger partial charge in [-0.05, 0) is 77.3 Å². The van der Waals surface area contributed by atoms with E-state index < -0.39 is 0 Å². The Morgan fingerprint density at radius 2 is 0.240 bits per heavy atom. The Hall–Kier alpha value is -20.3. The van der Waals surface area contributed by atoms with E-state index in [4.69, 9.17) is 59.8 Å². The van der Waals surface area contributed by atoms with Crippen LogP contribution in [0.3, 0.4) is 0 Å². The van der Waals surface area contributed by atoms with Crippen LogP contribution in [-0.2, 0) is 0 Å². The maximum Gasteiger partial charge on any atom is 0.164 e. The molecule has 0 fully saturated rings. The maximum absolute atomic E-state index is 5.36. The van der Waals surface area contributed by atoms with Crippen LogP contribution >= 0.6 is 0 Å². The van der Waals surface area contributed by atoms with E-state index in [0.717, 1.165) is 181 Å². The lowest BCUT2D eigenvalue weighted by Crippen LogP contribution is -2.00. The van der Waals surface area contributed by atoms with Crippen molar-refractivity contribution in [3.05, 3.63) is 522 Å². The molecule has 0 N–H and O–H groups in total. The van der Waals surface area contributed by atoms with E-state index in [2.05, 4.69) is 388 Å². The van der Waals surface area contributed by atoms with Gasteiger partial charge in [0.05, 0.1) is 33.1 Å². The van der Waals surface area contributed by atoms with Gasteiger partial charge in [0.2, 0.25) is 0 Å². The van der Waals surface area contributed by atoms with Crippen molar-refractivity contribution in [3.63, 3.8) is 0 Å². The Morgan fingerprint density at radius 3 is 0.467 bits per heavy atom. The molecule has 0 aliphatic carbocycles. The Kier molecular flexibility index (Phi) is 22.7. The molecule has 0 radical (unpaired) electrons. The molecule has 12 nitrogen and oxygen atoms in total. The highest BCUT2D eigenvalue weighted by Crippen LogP contribution is 2.47. The molecule has 0 bridgehead atoms. The summed E-state index contributed by atoms with van der Waals surface area (Å²) in [7, 11) is 0. The van der Waals surface area contributed by atoms with Crippen molar-refractivity contribution >= 4 is 130 Å². The molecule has 0 saturated heterocycles. The highest BCUT2D eigenvalue weighted by molar-refractivity contribution is 6.25. The van der Waals surface area contributed by atoms with Crippen molar-refractivity contribution < 1.29 is 0 Å². The summed E-state index contributed by atoms with van der Waals surface area (Å²) in [6.45, 7) is 0. The normalized spacial score (nSPS) is 11.5. The minimum atomic E-state index is 0.627. The number of aromatic nitrogens is 12. The summed E-state index contributed by atoms with van der Waals surface area (Å²) in [5.41, 5.74) is 25.9. The largest absolute Gasteiger partial charge is 0.246 e. The van der Waals surface area contributed by atoms with E-state index in [1.165, 1.54) is 54.6 Å². The number of pyridine rings is 3. The van der Waals surface area contributed by atoms with E-state index in [-0.39, 0.29) is 0 Å². The topological polar surface area (TPSA) is 155 Å². The summed E-state index contributed by atoms with van der Waals surface area (Å²) in [5.74, 6) is 5.75. The van der Waals surface area contributed by atoms with Gasteiger partial charge >= 0.3 is 0 Å². The molecule has 0 unspecified atom stereocenters. The first-order chi connectivity index (χ1) is 74.3. The molecular formula is C138H86N12. The molecule has 0 aliphatic heterocycles. The molecule has 0 saturated carbocycles. The third-order valence-corrected chi connectivity index (χ3v) is 28.5. The van der Waals surface area contributed by atoms with Crippen molar-refractivity contribution in [2.45, 2.75) is 0 Å². The van der Waals surface area contributed by atoms with Crippen LogP contribution in [0.5, 0.6) is 0 Å². The van der Waals surface area contributed by atoms with Crippen LogP contribution in [0.4, 0.5) is 0 Å². The summed E-state index contributed by atoms with van der Waals surface area (Å²) < 4.78 is 0. The molecule has 29 aromatic rings. The predicted octanol–water partition coefficient (Wildman–Crippen LogP) is 35.0. The van der Waals surface area contributed by atoms with Gasteiger partial charge in [0.25, 0.3) is 0 Å². The van der Waals surface area contributed by atoms with Crippen molar-refractivity contribution in [2.75, 3.05) is 0 Å². The van der Waals surface area contributed by atoms with Gasteiger partial charge in [0, 0.05) is 131 Å². The SMILES string of the molecule is c1ccc(-c2ccc(-c3nc(-c4ccccc4)nc(-c4ccc(-c5c6ccc7ccccc7c6nc6c5ccc5ccccc56)cc4)n3)cc2)cc1.c1ccc(-c2cccc(-c3nc(-c4ccccc4)nc(-c4ccc(-c5c6ccc7ccccc7c6nc6c5ccc5ccccc56)cc4)n3)c2)cc1.c1ccc(-c2nc(-c3ccccc3)nc(-c3ccc(-c4c5ccc6ccccc6c5nc5c4ccc4ccccc45)cc3)n2)cc1. The first-order valence-corrected chi connectivity index (χ1v) is 50.4. The van der Waals surface area contributed by atoms with Crippen LogP contribution in [0, 0.1) is 0 Å². The van der Waals surface area contributed by atoms with Gasteiger partial charge < -0.3 is 0 Å². The number of nitrogens with zero attached hydrogens (tertiary/aromatic N) is 12. The molecule has 23 aromatic carbocycles. The van der Waals surface area contributed by atoms with Gasteiger partial charge in [-0.1, -0.05) is 516 Å². The molecule has 150 heavy (non-hydrogen) atoms. The number of fused-ring (bicyclic) bond motifs is 18. The van der Waals surface area contributed by atoms with E-state index in [9.17, 15) is 0 Å². The van der Waals surface area contributed by atoms with Crippen LogP contribution in [0.15, 0.2) is 522 Å². The highest BCUT2D eigenvalue weighted by Gasteiger charge is 2.25. The number of rotatable bonds is 14. The first-order valence-electron chi connectivity index (χ1n) is 50.4. The number of benzene rings is 23. The van der Waals surface area contributed by atoms with Crippen molar-refractivity contribution in [2.24, 2.45) is 0 Å². The van der Waals surface area contributed by atoms with Crippen LogP contribution in [0.1, 0.15) is 0 Å². The van der Waals surface area contributed by atoms with Crippen molar-refractivity contribution in [1.29, 1.82) is 0 Å². The molecule has 0 atom stereocenters. The maximum atomic E-state index is 5.36. The molecule has 6 aromatic heterocycles. The van der Waals surface area contributed by atoms with Crippen LogP contribution in [-0.4, -0.2) is 59.8 Å². The van der Waals surface area contributed by atoms with E-state index in [1.807, 2.05) is 133 Å². The van der Waals surface area contributed by atoms with Crippen molar-refractivity contribution in [3.8, 4) is 158 Å². The average molecular weight is 1910 g/mol. The van der Waals surface area contributed by atoms with E-state index in [1.54, 1.807) is 0 Å². The summed E-state index contributed by atoms with van der Waals surface area (Å²) in [5, 5.41) is 20.7. The fourth-order valence-corrected chi connectivity index (χ4v) is 21.1. The van der Waals surface area contributed by atoms with Crippen molar-refractivity contribution in [1.82, 2.24) is 59.8 Å². The fourth-order valence-electron chi connectivity index (χ4n) is 21.1.